The molecule has 0 amide bonds. The summed E-state index contributed by atoms with van der Waals surface area (Å²) in [5.41, 5.74) is -0.269. The van der Waals surface area contributed by atoms with Gasteiger partial charge in [-0.25, -0.2) is 9.18 Å². The number of carboxylic acids is 1. The van der Waals surface area contributed by atoms with E-state index in [1.807, 2.05) is 0 Å². The van der Waals surface area contributed by atoms with Crippen LogP contribution in [0.3, 0.4) is 0 Å². The van der Waals surface area contributed by atoms with Crippen LogP contribution in [-0.2, 0) is 0 Å². The lowest BCUT2D eigenvalue weighted by Gasteiger charge is -1.96. The van der Waals surface area contributed by atoms with Crippen LogP contribution in [0.25, 0.3) is 10.1 Å². The number of carbonyl (C=O) groups is 1. The topological polar surface area (TPSA) is 37.3 Å². The molecule has 4 heteroatoms. The van der Waals surface area contributed by atoms with E-state index in [4.69, 9.17) is 5.11 Å². The lowest BCUT2D eigenvalue weighted by atomic mass is 10.1. The van der Waals surface area contributed by atoms with Crippen LogP contribution in [0.5, 0.6) is 0 Å². The van der Waals surface area contributed by atoms with Crippen LogP contribution in [0.4, 0.5) is 4.39 Å². The number of hydrogen-bond acceptors (Lipinski definition) is 2. The number of rotatable bonds is 1. The second kappa shape index (κ2) is 2.81. The molecule has 2 rings (SSSR count). The molecular formula is C9H5FO2S. The number of aromatic carboxylic acids is 1. The molecule has 2 aromatic rings. The molecule has 0 fully saturated rings. The third kappa shape index (κ3) is 1.29. The first kappa shape index (κ1) is 8.19. The first-order valence-corrected chi connectivity index (χ1v) is 4.46. The molecule has 0 aliphatic heterocycles. The second-order valence-corrected chi connectivity index (χ2v) is 3.54. The van der Waals surface area contributed by atoms with Gasteiger partial charge in [-0.15, -0.1) is 11.3 Å². The van der Waals surface area contributed by atoms with Crippen LogP contribution < -0.4 is 0 Å². The molecule has 0 radical (unpaired) electrons. The predicted octanol–water partition coefficient (Wildman–Crippen LogP) is 2.74. The Morgan fingerprint density at radius 1 is 1.46 bits per heavy atom. The van der Waals surface area contributed by atoms with Crippen molar-refractivity contribution in [3.63, 3.8) is 0 Å². The summed E-state index contributed by atoms with van der Waals surface area (Å²) in [5, 5.41) is 11.2. The van der Waals surface area contributed by atoms with Crippen molar-refractivity contribution in [2.45, 2.75) is 0 Å². The lowest BCUT2D eigenvalue weighted by molar-refractivity contribution is 0.0692. The molecule has 1 heterocycles. The fourth-order valence-corrected chi connectivity index (χ4v) is 1.96. The molecule has 13 heavy (non-hydrogen) atoms. The molecule has 66 valence electrons. The fourth-order valence-electron chi connectivity index (χ4n) is 1.15. The van der Waals surface area contributed by atoms with Gasteiger partial charge in [0.25, 0.3) is 0 Å². The standard InChI is InChI=1S/C9H5FO2S/c10-7-3-5-1-2-13-8(5)4-6(7)9(11)12/h1-4H,(H,11,12). The molecule has 0 saturated carbocycles. The van der Waals surface area contributed by atoms with Crippen molar-refractivity contribution in [3.8, 4) is 0 Å². The van der Waals surface area contributed by atoms with E-state index >= 15 is 0 Å². The minimum absolute atomic E-state index is 0.269. The quantitative estimate of drug-likeness (QED) is 0.761. The summed E-state index contributed by atoms with van der Waals surface area (Å²) < 4.78 is 13.9. The molecule has 0 aliphatic carbocycles. The molecule has 0 saturated heterocycles. The molecule has 1 aromatic carbocycles. The van der Waals surface area contributed by atoms with Gasteiger partial charge in [0.2, 0.25) is 0 Å². The van der Waals surface area contributed by atoms with Gasteiger partial charge in [0.15, 0.2) is 0 Å². The highest BCUT2D eigenvalue weighted by molar-refractivity contribution is 7.17. The van der Waals surface area contributed by atoms with Crippen molar-refractivity contribution in [1.29, 1.82) is 0 Å². The molecule has 0 aliphatic rings. The third-order valence-corrected chi connectivity index (χ3v) is 2.65. The summed E-state index contributed by atoms with van der Waals surface area (Å²) in [6.45, 7) is 0. The van der Waals surface area contributed by atoms with E-state index in [1.54, 1.807) is 11.4 Å². The third-order valence-electron chi connectivity index (χ3n) is 1.77. The Kier molecular flexibility index (Phi) is 1.77. The number of hydrogen-bond donors (Lipinski definition) is 1. The van der Waals surface area contributed by atoms with Gasteiger partial charge in [-0.1, -0.05) is 0 Å². The molecule has 0 bridgehead atoms. The zero-order valence-corrected chi connectivity index (χ0v) is 7.27. The van der Waals surface area contributed by atoms with Gasteiger partial charge in [0.1, 0.15) is 5.82 Å². The first-order valence-electron chi connectivity index (χ1n) is 3.58. The number of thiophene rings is 1. The molecular weight excluding hydrogens is 191 g/mol. The van der Waals surface area contributed by atoms with Crippen LogP contribution in [0, 0.1) is 5.82 Å². The highest BCUT2D eigenvalue weighted by Crippen LogP contribution is 2.24. The Bertz CT molecular complexity index is 475. The van der Waals surface area contributed by atoms with E-state index in [0.717, 1.165) is 10.1 Å². The second-order valence-electron chi connectivity index (χ2n) is 2.60. The maximum Gasteiger partial charge on any atom is 0.338 e. The molecule has 0 spiro atoms. The first-order chi connectivity index (χ1) is 6.18. The normalized spacial score (nSPS) is 10.5. The average Bonchev–Trinajstić information content (AvgIpc) is 2.48. The van der Waals surface area contributed by atoms with Gasteiger partial charge in [-0.3, -0.25) is 0 Å². The zero-order chi connectivity index (χ0) is 9.42. The Hall–Kier alpha value is -1.42. The monoisotopic (exact) mass is 196 g/mol. The molecule has 0 unspecified atom stereocenters. The van der Waals surface area contributed by atoms with Crippen molar-refractivity contribution in [2.75, 3.05) is 0 Å². The molecule has 2 nitrogen and oxygen atoms in total. The number of fused-ring (bicyclic) bond motifs is 1. The van der Waals surface area contributed by atoms with Crippen molar-refractivity contribution < 1.29 is 14.3 Å². The van der Waals surface area contributed by atoms with E-state index in [9.17, 15) is 9.18 Å². The largest absolute Gasteiger partial charge is 0.478 e. The minimum atomic E-state index is -1.23. The summed E-state index contributed by atoms with van der Waals surface area (Å²) in [6, 6.07) is 4.36. The predicted molar refractivity (Wildman–Crippen MR) is 48.7 cm³/mol. The summed E-state index contributed by atoms with van der Waals surface area (Å²) in [7, 11) is 0. The lowest BCUT2D eigenvalue weighted by Crippen LogP contribution is -1.99. The van der Waals surface area contributed by atoms with Crippen LogP contribution in [0.2, 0.25) is 0 Å². The minimum Gasteiger partial charge on any atom is -0.478 e. The Morgan fingerprint density at radius 2 is 2.23 bits per heavy atom. The summed E-state index contributed by atoms with van der Waals surface area (Å²) in [5.74, 6) is -1.91. The summed E-state index contributed by atoms with van der Waals surface area (Å²) in [4.78, 5) is 10.6. The van der Waals surface area contributed by atoms with Crippen molar-refractivity contribution in [3.05, 3.63) is 35.0 Å². The van der Waals surface area contributed by atoms with Crippen molar-refractivity contribution in [2.24, 2.45) is 0 Å². The molecule has 1 aromatic heterocycles. The Balaban J connectivity index is 2.76. The summed E-state index contributed by atoms with van der Waals surface area (Å²) in [6.07, 6.45) is 0. The van der Waals surface area contributed by atoms with E-state index < -0.39 is 11.8 Å². The van der Waals surface area contributed by atoms with Gasteiger partial charge in [0, 0.05) is 4.70 Å². The highest BCUT2D eigenvalue weighted by Gasteiger charge is 2.11. The number of benzene rings is 1. The number of halogens is 1. The smallest absolute Gasteiger partial charge is 0.338 e. The zero-order valence-electron chi connectivity index (χ0n) is 6.45. The Morgan fingerprint density at radius 3 is 2.92 bits per heavy atom. The van der Waals surface area contributed by atoms with E-state index in [0.29, 0.717) is 0 Å². The summed E-state index contributed by atoms with van der Waals surface area (Å²) >= 11 is 1.40. The maximum atomic E-state index is 13.1. The molecule has 1 N–H and O–H groups in total. The SMILES string of the molecule is O=C(O)c1cc2sccc2cc1F. The van der Waals surface area contributed by atoms with Crippen molar-refractivity contribution >= 4 is 27.4 Å². The van der Waals surface area contributed by atoms with Gasteiger partial charge in [-0.05, 0) is 29.0 Å². The van der Waals surface area contributed by atoms with E-state index in [1.165, 1.54) is 23.5 Å². The van der Waals surface area contributed by atoms with Crippen LogP contribution in [0.1, 0.15) is 10.4 Å². The van der Waals surface area contributed by atoms with Crippen LogP contribution in [0.15, 0.2) is 23.6 Å². The van der Waals surface area contributed by atoms with E-state index in [2.05, 4.69) is 0 Å². The van der Waals surface area contributed by atoms with E-state index in [-0.39, 0.29) is 5.56 Å². The fraction of sp³-hybridized carbons (Fsp3) is 0. The van der Waals surface area contributed by atoms with Gasteiger partial charge < -0.3 is 5.11 Å². The molecule has 0 atom stereocenters. The van der Waals surface area contributed by atoms with Crippen molar-refractivity contribution in [1.82, 2.24) is 0 Å². The van der Waals surface area contributed by atoms with Crippen LogP contribution in [-0.4, -0.2) is 11.1 Å². The Labute approximate surface area is 77.2 Å². The maximum absolute atomic E-state index is 13.1. The van der Waals surface area contributed by atoms with Gasteiger partial charge in [-0.2, -0.15) is 0 Å². The number of carboxylic acid groups (broad SMARTS) is 1. The van der Waals surface area contributed by atoms with Gasteiger partial charge >= 0.3 is 5.97 Å². The van der Waals surface area contributed by atoms with Gasteiger partial charge in [0.05, 0.1) is 5.56 Å². The average molecular weight is 196 g/mol. The highest BCUT2D eigenvalue weighted by atomic mass is 32.1. The van der Waals surface area contributed by atoms with Crippen LogP contribution >= 0.6 is 11.3 Å².